The molecule has 0 aliphatic rings. The molecule has 0 bridgehead atoms. The van der Waals surface area contributed by atoms with Crippen LogP contribution in [0.2, 0.25) is 0 Å². The van der Waals surface area contributed by atoms with E-state index < -0.39 is 0 Å². The molecule has 1 rings (SSSR count). The number of thiazole rings is 1. The van der Waals surface area contributed by atoms with Crippen LogP contribution in [0.1, 0.15) is 17.6 Å². The average molecular weight is 313 g/mol. The lowest BCUT2D eigenvalue weighted by Crippen LogP contribution is -2.03. The highest BCUT2D eigenvalue weighted by molar-refractivity contribution is 8.14. The minimum absolute atomic E-state index is 0.0201. The molecule has 0 aliphatic carbocycles. The molecule has 1 aromatic rings. The predicted octanol–water partition coefficient (Wildman–Crippen LogP) is 3.71. The molecular weight excluding hydrogens is 299 g/mol. The first-order chi connectivity index (χ1) is 7.99. The van der Waals surface area contributed by atoms with E-state index >= 15 is 0 Å². The second kappa shape index (κ2) is 9.88. The van der Waals surface area contributed by atoms with Crippen molar-refractivity contribution in [2.24, 2.45) is 0 Å². The fraction of sp³-hybridized carbons (Fsp3) is 0.500. The molecule has 0 fully saturated rings. The van der Waals surface area contributed by atoms with Crippen LogP contribution in [0.15, 0.2) is 5.38 Å². The van der Waals surface area contributed by atoms with Gasteiger partial charge in [-0.25, -0.2) is 4.98 Å². The van der Waals surface area contributed by atoms with Crippen molar-refractivity contribution >= 4 is 57.1 Å². The number of ketones is 1. The highest BCUT2D eigenvalue weighted by Crippen LogP contribution is 2.08. The monoisotopic (exact) mass is 312 g/mol. The highest BCUT2D eigenvalue weighted by Gasteiger charge is 1.98. The van der Waals surface area contributed by atoms with Gasteiger partial charge < -0.3 is 0 Å². The van der Waals surface area contributed by atoms with Gasteiger partial charge in [0.05, 0.1) is 33.3 Å². The molecule has 7 heteroatoms. The highest BCUT2D eigenvalue weighted by atomic mass is 35.5. The van der Waals surface area contributed by atoms with E-state index in [1.54, 1.807) is 18.3 Å². The second-order valence-corrected chi connectivity index (χ2v) is 5.80. The summed E-state index contributed by atoms with van der Waals surface area (Å²) in [6.45, 7) is 3.62. The van der Waals surface area contributed by atoms with Crippen LogP contribution >= 0.6 is 46.3 Å². The maximum atomic E-state index is 10.5. The maximum absolute atomic E-state index is 10.5. The molecule has 3 nitrogen and oxygen atoms in total. The minimum atomic E-state index is -0.0201. The van der Waals surface area contributed by atoms with Gasteiger partial charge in [-0.2, -0.15) is 0 Å². The van der Waals surface area contributed by atoms with E-state index in [0.717, 1.165) is 10.7 Å². The van der Waals surface area contributed by atoms with Gasteiger partial charge in [0.2, 0.25) is 0 Å². The Morgan fingerprint density at radius 2 is 2.24 bits per heavy atom. The van der Waals surface area contributed by atoms with Crippen molar-refractivity contribution in [3.05, 3.63) is 16.1 Å². The Hall–Kier alpha value is -0.100. The van der Waals surface area contributed by atoms with Crippen molar-refractivity contribution in [3.8, 4) is 0 Å². The first-order valence-electron chi connectivity index (χ1n) is 4.72. The summed E-state index contributed by atoms with van der Waals surface area (Å²) >= 11 is 13.5. The van der Waals surface area contributed by atoms with Gasteiger partial charge in [0.25, 0.3) is 0 Å². The van der Waals surface area contributed by atoms with Crippen LogP contribution in [-0.4, -0.2) is 27.4 Å². The standard InChI is InChI=1S/C5H8ClNOS.C5H6ClNS/c1-4(7)9-3-5(8)2-6;1-4-7-5(2-6)3-8-4/h7H,2-3H2,1H3;3H,2H2,1H3. The van der Waals surface area contributed by atoms with Gasteiger partial charge in [-0.3, -0.25) is 10.2 Å². The van der Waals surface area contributed by atoms with E-state index in [2.05, 4.69) is 4.98 Å². The summed E-state index contributed by atoms with van der Waals surface area (Å²) in [6.07, 6.45) is 0. The summed E-state index contributed by atoms with van der Waals surface area (Å²) in [5.41, 5.74) is 0.981. The van der Waals surface area contributed by atoms with Crippen LogP contribution in [0.5, 0.6) is 0 Å². The Bertz CT molecular complexity index is 369. The number of Topliss-reactive ketones (excluding diaryl/α,β-unsaturated/α-hetero) is 1. The van der Waals surface area contributed by atoms with Crippen molar-refractivity contribution in [2.75, 3.05) is 11.6 Å². The van der Waals surface area contributed by atoms with Crippen LogP contribution in [0.3, 0.4) is 0 Å². The molecule has 0 saturated carbocycles. The maximum Gasteiger partial charge on any atom is 0.157 e. The van der Waals surface area contributed by atoms with E-state index in [0.29, 0.717) is 16.7 Å². The number of nitrogens with one attached hydrogen (secondary N) is 1. The number of nitrogens with zero attached hydrogens (tertiary/aromatic N) is 1. The number of aryl methyl sites for hydroxylation is 1. The molecule has 17 heavy (non-hydrogen) atoms. The zero-order valence-corrected chi connectivity index (χ0v) is 12.8. The van der Waals surface area contributed by atoms with E-state index in [1.165, 1.54) is 11.8 Å². The van der Waals surface area contributed by atoms with E-state index in [-0.39, 0.29) is 11.7 Å². The molecule has 0 unspecified atom stereocenters. The molecule has 0 radical (unpaired) electrons. The number of aromatic nitrogens is 1. The van der Waals surface area contributed by atoms with Crippen molar-refractivity contribution in [1.82, 2.24) is 4.98 Å². The third-order valence-electron chi connectivity index (χ3n) is 1.40. The van der Waals surface area contributed by atoms with Gasteiger partial charge in [0.15, 0.2) is 5.78 Å². The number of rotatable bonds is 4. The SMILES string of the molecule is CC(=N)SCC(=O)CCl.Cc1nc(CCl)cs1. The summed E-state index contributed by atoms with van der Waals surface area (Å²) in [5, 5.41) is 10.4. The molecule has 0 aliphatic heterocycles. The number of carbonyl (C=O) groups is 1. The summed E-state index contributed by atoms with van der Waals surface area (Å²) in [6, 6.07) is 0. The molecule has 0 saturated heterocycles. The lowest BCUT2D eigenvalue weighted by molar-refractivity contribution is -0.114. The Morgan fingerprint density at radius 1 is 1.59 bits per heavy atom. The molecule has 96 valence electrons. The summed E-state index contributed by atoms with van der Waals surface area (Å²) in [5.74, 6) is 0.900. The van der Waals surface area contributed by atoms with E-state index in [1.807, 2.05) is 12.3 Å². The first kappa shape index (κ1) is 16.9. The number of hydrogen-bond acceptors (Lipinski definition) is 5. The normalized spacial score (nSPS) is 9.41. The molecular formula is C10H14Cl2N2OS2. The Kier molecular flexibility index (Phi) is 9.82. The van der Waals surface area contributed by atoms with Crippen molar-refractivity contribution in [1.29, 1.82) is 5.41 Å². The van der Waals surface area contributed by atoms with Crippen molar-refractivity contribution in [3.63, 3.8) is 0 Å². The molecule has 1 aromatic heterocycles. The van der Waals surface area contributed by atoms with E-state index in [4.69, 9.17) is 28.6 Å². The average Bonchev–Trinajstić information content (AvgIpc) is 2.72. The van der Waals surface area contributed by atoms with Gasteiger partial charge in [0.1, 0.15) is 0 Å². The second-order valence-electron chi connectivity index (χ2n) is 3.01. The Balaban J connectivity index is 0.000000302. The van der Waals surface area contributed by atoms with Crippen LogP contribution in [-0.2, 0) is 10.7 Å². The van der Waals surface area contributed by atoms with Crippen LogP contribution in [0.25, 0.3) is 0 Å². The molecule has 0 aromatic carbocycles. The predicted molar refractivity (Wildman–Crippen MR) is 78.0 cm³/mol. The third kappa shape index (κ3) is 9.59. The van der Waals surface area contributed by atoms with Crippen LogP contribution in [0, 0.1) is 12.3 Å². The van der Waals surface area contributed by atoms with Crippen molar-refractivity contribution in [2.45, 2.75) is 19.7 Å². The molecule has 0 spiro atoms. The molecule has 1 N–H and O–H groups in total. The number of thioether (sulfide) groups is 1. The first-order valence-corrected chi connectivity index (χ1v) is 7.65. The summed E-state index contributed by atoms with van der Waals surface area (Å²) < 4.78 is 0. The number of halogens is 2. The quantitative estimate of drug-likeness (QED) is 0.524. The zero-order chi connectivity index (χ0) is 13.3. The number of hydrogen-bond donors (Lipinski definition) is 1. The summed E-state index contributed by atoms with van der Waals surface area (Å²) in [7, 11) is 0. The molecule has 0 amide bonds. The lowest BCUT2D eigenvalue weighted by Gasteiger charge is -1.92. The van der Waals surface area contributed by atoms with Crippen molar-refractivity contribution < 1.29 is 4.79 Å². The van der Waals surface area contributed by atoms with Gasteiger partial charge in [0, 0.05) is 5.38 Å². The number of alkyl halides is 2. The van der Waals surface area contributed by atoms with Gasteiger partial charge in [-0.1, -0.05) is 0 Å². The minimum Gasteiger partial charge on any atom is -0.299 e. The molecule has 1 heterocycles. The Morgan fingerprint density at radius 3 is 2.53 bits per heavy atom. The topological polar surface area (TPSA) is 53.8 Å². The largest absolute Gasteiger partial charge is 0.299 e. The fourth-order valence-corrected chi connectivity index (χ4v) is 2.22. The van der Waals surface area contributed by atoms with Gasteiger partial charge >= 0.3 is 0 Å². The van der Waals surface area contributed by atoms with E-state index in [9.17, 15) is 4.79 Å². The smallest absolute Gasteiger partial charge is 0.157 e. The Labute approximate surface area is 119 Å². The summed E-state index contributed by atoms with van der Waals surface area (Å²) in [4.78, 5) is 14.6. The lowest BCUT2D eigenvalue weighted by atomic mass is 10.5. The van der Waals surface area contributed by atoms with Gasteiger partial charge in [-0.05, 0) is 13.8 Å². The molecule has 0 atom stereocenters. The van der Waals surface area contributed by atoms with Gasteiger partial charge in [-0.15, -0.1) is 46.3 Å². The zero-order valence-electron chi connectivity index (χ0n) is 9.63. The van der Waals surface area contributed by atoms with Crippen LogP contribution < -0.4 is 0 Å². The fourth-order valence-electron chi connectivity index (χ4n) is 0.697. The number of carbonyl (C=O) groups excluding carboxylic acids is 1. The van der Waals surface area contributed by atoms with Crippen LogP contribution in [0.4, 0.5) is 0 Å². The third-order valence-corrected chi connectivity index (χ3v) is 3.70.